The lowest BCUT2D eigenvalue weighted by Gasteiger charge is -2.25. The van der Waals surface area contributed by atoms with Crippen LogP contribution in [0, 0.1) is 11.8 Å². The van der Waals surface area contributed by atoms with E-state index in [1.807, 2.05) is 18.2 Å². The van der Waals surface area contributed by atoms with Crippen molar-refractivity contribution < 1.29 is 0 Å². The van der Waals surface area contributed by atoms with E-state index in [9.17, 15) is 0 Å². The van der Waals surface area contributed by atoms with E-state index in [1.54, 1.807) is 0 Å². The Balaban J connectivity index is 1.18. The molecule has 0 aliphatic rings. The fourth-order valence-electron chi connectivity index (χ4n) is 5.11. The molecule has 0 atom stereocenters. The van der Waals surface area contributed by atoms with Gasteiger partial charge in [-0.05, 0) is 71.3 Å². The summed E-state index contributed by atoms with van der Waals surface area (Å²) in [5.41, 5.74) is 11.4. The maximum Gasteiger partial charge on any atom is 0.121 e. The monoisotopic (exact) mass is 555 g/mol. The van der Waals surface area contributed by atoms with E-state index < -0.39 is 0 Å². The van der Waals surface area contributed by atoms with Crippen molar-refractivity contribution in [1.82, 2.24) is 8.75 Å². The highest BCUT2D eigenvalue weighted by Crippen LogP contribution is 2.36. The molecule has 6 aromatic carbocycles. The van der Waals surface area contributed by atoms with Crippen LogP contribution < -0.4 is 4.90 Å². The predicted molar refractivity (Wildman–Crippen MR) is 175 cm³/mol. The quantitative estimate of drug-likeness (QED) is 0.198. The molecule has 0 spiro atoms. The summed E-state index contributed by atoms with van der Waals surface area (Å²) in [6.45, 7) is 0. The fraction of sp³-hybridized carbons (Fsp3) is 0. The maximum absolute atomic E-state index is 4.66. The van der Waals surface area contributed by atoms with Crippen molar-refractivity contribution >= 4 is 39.8 Å². The lowest BCUT2D eigenvalue weighted by Crippen LogP contribution is -2.09. The molecule has 1 aromatic heterocycles. The summed E-state index contributed by atoms with van der Waals surface area (Å²) >= 11 is 1.22. The molecule has 0 saturated carbocycles. The van der Waals surface area contributed by atoms with Gasteiger partial charge in [-0.3, -0.25) is 0 Å². The lowest BCUT2D eigenvalue weighted by atomic mass is 10.0. The summed E-state index contributed by atoms with van der Waals surface area (Å²) in [6.07, 6.45) is 0. The summed E-state index contributed by atoms with van der Waals surface area (Å²) < 4.78 is 9.28. The molecular formula is C38H25N3S. The molecular weight excluding hydrogens is 531 g/mol. The highest BCUT2D eigenvalue weighted by molar-refractivity contribution is 7.00. The molecule has 0 aliphatic carbocycles. The van der Waals surface area contributed by atoms with E-state index in [0.717, 1.165) is 50.3 Å². The van der Waals surface area contributed by atoms with Crippen LogP contribution >= 0.6 is 11.7 Å². The van der Waals surface area contributed by atoms with E-state index in [-0.39, 0.29) is 0 Å². The lowest BCUT2D eigenvalue weighted by molar-refractivity contribution is 1.28. The summed E-state index contributed by atoms with van der Waals surface area (Å²) in [5.74, 6) is 6.65. The topological polar surface area (TPSA) is 29.0 Å². The van der Waals surface area contributed by atoms with Gasteiger partial charge in [0.1, 0.15) is 11.0 Å². The van der Waals surface area contributed by atoms with Crippen LogP contribution in [0.4, 0.5) is 17.1 Å². The standard InChI is InChI=1S/C38H25N3S/c1-4-10-29(11-5-1)30-19-16-28(17-20-30)18-21-32-24-27-36(38-37(32)39-42-40-38)31-22-25-35(26-23-31)41(33-12-6-2-7-13-33)34-14-8-3-9-15-34/h1-17,19-20,22-27H. The largest absolute Gasteiger partial charge is 0.311 e. The van der Waals surface area contributed by atoms with E-state index in [0.29, 0.717) is 0 Å². The Hall–Kier alpha value is -5.50. The van der Waals surface area contributed by atoms with Gasteiger partial charge in [0.05, 0.1) is 17.3 Å². The number of hydrogen-bond acceptors (Lipinski definition) is 4. The van der Waals surface area contributed by atoms with Crippen LogP contribution in [0.1, 0.15) is 11.1 Å². The van der Waals surface area contributed by atoms with Crippen molar-refractivity contribution in [2.45, 2.75) is 0 Å². The average Bonchev–Trinajstić information content (AvgIpc) is 3.57. The average molecular weight is 556 g/mol. The third-order valence-electron chi connectivity index (χ3n) is 7.21. The SMILES string of the molecule is C(#Cc1ccc(-c2ccc(N(c3ccccc3)c3ccccc3)cc2)c2nsnc12)c1ccc(-c2ccccc2)cc1. The predicted octanol–water partition coefficient (Wildman–Crippen LogP) is 9.89. The van der Waals surface area contributed by atoms with Gasteiger partial charge in [-0.2, -0.15) is 8.75 Å². The van der Waals surface area contributed by atoms with Crippen molar-refractivity contribution in [2.24, 2.45) is 0 Å². The van der Waals surface area contributed by atoms with Crippen molar-refractivity contribution in [3.05, 3.63) is 163 Å². The highest BCUT2D eigenvalue weighted by atomic mass is 32.1. The Morgan fingerprint density at radius 2 is 0.952 bits per heavy atom. The minimum atomic E-state index is 0.838. The first-order valence-electron chi connectivity index (χ1n) is 13.8. The minimum Gasteiger partial charge on any atom is -0.311 e. The highest BCUT2D eigenvalue weighted by Gasteiger charge is 2.14. The first-order valence-corrected chi connectivity index (χ1v) is 14.5. The molecule has 0 amide bonds. The van der Waals surface area contributed by atoms with E-state index >= 15 is 0 Å². The molecule has 0 bridgehead atoms. The Morgan fingerprint density at radius 1 is 0.429 bits per heavy atom. The van der Waals surface area contributed by atoms with E-state index in [4.69, 9.17) is 0 Å². The number of hydrogen-bond donors (Lipinski definition) is 0. The Bertz CT molecular complexity index is 1970. The molecule has 1 heterocycles. The maximum atomic E-state index is 4.66. The van der Waals surface area contributed by atoms with Gasteiger partial charge in [0.25, 0.3) is 0 Å². The van der Waals surface area contributed by atoms with Crippen molar-refractivity contribution in [3.63, 3.8) is 0 Å². The van der Waals surface area contributed by atoms with Gasteiger partial charge in [0, 0.05) is 28.2 Å². The second-order valence-corrected chi connectivity index (χ2v) is 10.4. The molecule has 0 aliphatic heterocycles. The van der Waals surface area contributed by atoms with Crippen LogP contribution in [-0.2, 0) is 0 Å². The smallest absolute Gasteiger partial charge is 0.121 e. The van der Waals surface area contributed by atoms with E-state index in [1.165, 1.54) is 22.9 Å². The second-order valence-electron chi connectivity index (χ2n) is 9.87. The van der Waals surface area contributed by atoms with Gasteiger partial charge in [-0.15, -0.1) is 0 Å². The van der Waals surface area contributed by atoms with Crippen LogP contribution in [0.15, 0.2) is 152 Å². The molecule has 42 heavy (non-hydrogen) atoms. The van der Waals surface area contributed by atoms with Crippen LogP contribution in [0.3, 0.4) is 0 Å². The molecule has 0 radical (unpaired) electrons. The number of rotatable bonds is 5. The third-order valence-corrected chi connectivity index (χ3v) is 7.74. The number of benzene rings is 6. The van der Waals surface area contributed by atoms with Crippen molar-refractivity contribution in [3.8, 4) is 34.1 Å². The number of aromatic nitrogens is 2. The molecule has 0 saturated heterocycles. The fourth-order valence-corrected chi connectivity index (χ4v) is 5.68. The third kappa shape index (κ3) is 5.17. The van der Waals surface area contributed by atoms with Crippen LogP contribution in [-0.4, -0.2) is 8.75 Å². The zero-order valence-electron chi connectivity index (χ0n) is 22.7. The normalized spacial score (nSPS) is 10.7. The Labute approximate surface area is 249 Å². The van der Waals surface area contributed by atoms with Crippen LogP contribution in [0.5, 0.6) is 0 Å². The molecule has 0 N–H and O–H groups in total. The molecule has 7 rings (SSSR count). The molecule has 0 fully saturated rings. The van der Waals surface area contributed by atoms with Gasteiger partial charge in [0.2, 0.25) is 0 Å². The molecule has 4 heteroatoms. The van der Waals surface area contributed by atoms with E-state index in [2.05, 4.69) is 159 Å². The number of anilines is 3. The summed E-state index contributed by atoms with van der Waals surface area (Å²) in [7, 11) is 0. The summed E-state index contributed by atoms with van der Waals surface area (Å²) in [6, 6.07) is 52.4. The Morgan fingerprint density at radius 3 is 1.60 bits per heavy atom. The van der Waals surface area contributed by atoms with Gasteiger partial charge in [-0.1, -0.05) is 109 Å². The molecule has 3 nitrogen and oxygen atoms in total. The minimum absolute atomic E-state index is 0.838. The van der Waals surface area contributed by atoms with Gasteiger partial charge in [0.15, 0.2) is 0 Å². The number of nitrogens with zero attached hydrogens (tertiary/aromatic N) is 3. The summed E-state index contributed by atoms with van der Waals surface area (Å²) in [4.78, 5) is 2.26. The zero-order chi connectivity index (χ0) is 28.1. The second kappa shape index (κ2) is 11.5. The van der Waals surface area contributed by atoms with Gasteiger partial charge in [-0.25, -0.2) is 0 Å². The number of para-hydroxylation sites is 2. The first kappa shape index (κ1) is 25.5. The molecule has 7 aromatic rings. The van der Waals surface area contributed by atoms with Crippen LogP contribution in [0.2, 0.25) is 0 Å². The first-order chi connectivity index (χ1) is 20.8. The Kier molecular flexibility index (Phi) is 7.00. The van der Waals surface area contributed by atoms with Crippen molar-refractivity contribution in [1.29, 1.82) is 0 Å². The summed E-state index contributed by atoms with van der Waals surface area (Å²) in [5, 5.41) is 0. The van der Waals surface area contributed by atoms with Crippen molar-refractivity contribution in [2.75, 3.05) is 4.90 Å². The van der Waals surface area contributed by atoms with Crippen LogP contribution in [0.25, 0.3) is 33.3 Å². The molecule has 0 unspecified atom stereocenters. The van der Waals surface area contributed by atoms with Gasteiger partial charge >= 0.3 is 0 Å². The number of fused-ring (bicyclic) bond motifs is 1. The van der Waals surface area contributed by atoms with Gasteiger partial charge < -0.3 is 4.90 Å². The molecule has 198 valence electrons. The zero-order valence-corrected chi connectivity index (χ0v) is 23.5.